The number of rotatable bonds is 4. The smallest absolute Gasteiger partial charge is 0.435 e. The Balaban J connectivity index is 2.29. The molecule has 1 aromatic heterocycles. The Kier molecular flexibility index (Phi) is 3.99. The maximum atomic E-state index is 12.5. The molecule has 0 bridgehead atoms. The summed E-state index contributed by atoms with van der Waals surface area (Å²) in [6, 6.07) is 7.46. The average molecular weight is 285 g/mol. The second-order valence-corrected chi connectivity index (χ2v) is 4.20. The van der Waals surface area contributed by atoms with Crippen LogP contribution >= 0.6 is 0 Å². The molecule has 0 radical (unpaired) electrons. The van der Waals surface area contributed by atoms with E-state index in [4.69, 9.17) is 10.5 Å². The van der Waals surface area contributed by atoms with Crippen molar-refractivity contribution >= 4 is 0 Å². The Morgan fingerprint density at radius 2 is 1.90 bits per heavy atom. The number of nitrogens with zero attached hydrogens (tertiary/aromatic N) is 2. The number of alkyl halides is 3. The van der Waals surface area contributed by atoms with E-state index in [1.165, 1.54) is 10.9 Å². The molecule has 108 valence electrons. The van der Waals surface area contributed by atoms with Crippen molar-refractivity contribution in [1.29, 1.82) is 0 Å². The highest BCUT2D eigenvalue weighted by molar-refractivity contribution is 5.29. The van der Waals surface area contributed by atoms with Gasteiger partial charge in [-0.15, -0.1) is 0 Å². The van der Waals surface area contributed by atoms with Gasteiger partial charge in [0.15, 0.2) is 5.69 Å². The predicted octanol–water partition coefficient (Wildman–Crippen LogP) is 2.46. The number of aromatic nitrogens is 2. The summed E-state index contributed by atoms with van der Waals surface area (Å²) in [5, 5.41) is 3.55. The van der Waals surface area contributed by atoms with Crippen LogP contribution in [0.3, 0.4) is 0 Å². The molecule has 1 atom stereocenters. The summed E-state index contributed by atoms with van der Waals surface area (Å²) in [5.74, 6) is 0.668. The number of nitrogens with two attached hydrogens (primary N) is 1. The van der Waals surface area contributed by atoms with Crippen molar-refractivity contribution in [3.63, 3.8) is 0 Å². The van der Waals surface area contributed by atoms with E-state index in [2.05, 4.69) is 5.10 Å². The highest BCUT2D eigenvalue weighted by Crippen LogP contribution is 2.28. The first-order valence-electron chi connectivity index (χ1n) is 5.92. The molecule has 1 heterocycles. The van der Waals surface area contributed by atoms with Crippen LogP contribution in [0.1, 0.15) is 17.3 Å². The molecule has 1 aromatic carbocycles. The molecular weight excluding hydrogens is 271 g/mol. The third-order valence-electron chi connectivity index (χ3n) is 2.94. The number of halogens is 3. The van der Waals surface area contributed by atoms with Crippen LogP contribution in [0, 0.1) is 0 Å². The zero-order valence-electron chi connectivity index (χ0n) is 10.8. The van der Waals surface area contributed by atoms with Gasteiger partial charge in [-0.1, -0.05) is 12.1 Å². The van der Waals surface area contributed by atoms with E-state index in [1.54, 1.807) is 31.4 Å². The minimum atomic E-state index is -4.45. The fourth-order valence-electron chi connectivity index (χ4n) is 1.89. The standard InChI is InChI=1S/C13H14F3N3O/c1-20-10-4-2-9(3-5-10)11(8-17)19-7-6-12(18-19)13(14,15)16/h2-7,11H,8,17H2,1H3. The molecular formula is C13H14F3N3O. The molecule has 20 heavy (non-hydrogen) atoms. The monoisotopic (exact) mass is 285 g/mol. The molecule has 0 fully saturated rings. The molecule has 2 aromatic rings. The largest absolute Gasteiger partial charge is 0.497 e. The van der Waals surface area contributed by atoms with Crippen LogP contribution in [-0.2, 0) is 6.18 Å². The molecule has 0 aliphatic heterocycles. The Bertz CT molecular complexity index is 563. The van der Waals surface area contributed by atoms with Gasteiger partial charge >= 0.3 is 6.18 Å². The second kappa shape index (κ2) is 5.54. The highest BCUT2D eigenvalue weighted by atomic mass is 19.4. The van der Waals surface area contributed by atoms with Crippen LogP contribution in [0.4, 0.5) is 13.2 Å². The number of hydrogen-bond acceptors (Lipinski definition) is 3. The summed E-state index contributed by atoms with van der Waals surface area (Å²) in [5.41, 5.74) is 5.49. The van der Waals surface area contributed by atoms with Crippen molar-refractivity contribution in [3.8, 4) is 5.75 Å². The van der Waals surface area contributed by atoms with Crippen molar-refractivity contribution in [1.82, 2.24) is 9.78 Å². The van der Waals surface area contributed by atoms with E-state index in [0.29, 0.717) is 5.75 Å². The summed E-state index contributed by atoms with van der Waals surface area (Å²) in [7, 11) is 1.54. The van der Waals surface area contributed by atoms with Crippen molar-refractivity contribution in [3.05, 3.63) is 47.8 Å². The zero-order chi connectivity index (χ0) is 14.8. The van der Waals surface area contributed by atoms with Crippen LogP contribution < -0.4 is 10.5 Å². The Morgan fingerprint density at radius 3 is 2.35 bits per heavy atom. The lowest BCUT2D eigenvalue weighted by molar-refractivity contribution is -0.141. The van der Waals surface area contributed by atoms with E-state index in [-0.39, 0.29) is 6.54 Å². The van der Waals surface area contributed by atoms with Crippen molar-refractivity contribution < 1.29 is 17.9 Å². The third-order valence-corrected chi connectivity index (χ3v) is 2.94. The Hall–Kier alpha value is -2.02. The number of methoxy groups -OCH3 is 1. The van der Waals surface area contributed by atoms with Crippen molar-refractivity contribution in [2.45, 2.75) is 12.2 Å². The van der Waals surface area contributed by atoms with Gasteiger partial charge in [-0.3, -0.25) is 4.68 Å². The first kappa shape index (κ1) is 14.4. The van der Waals surface area contributed by atoms with Crippen LogP contribution in [0.25, 0.3) is 0 Å². The topological polar surface area (TPSA) is 53.1 Å². The van der Waals surface area contributed by atoms with Crippen molar-refractivity contribution in [2.24, 2.45) is 5.73 Å². The predicted molar refractivity (Wildman–Crippen MR) is 67.4 cm³/mol. The summed E-state index contributed by atoms with van der Waals surface area (Å²) in [4.78, 5) is 0. The quantitative estimate of drug-likeness (QED) is 0.938. The molecule has 2 N–H and O–H groups in total. The van der Waals surface area contributed by atoms with Crippen LogP contribution in [0.5, 0.6) is 5.75 Å². The average Bonchev–Trinajstić information content (AvgIpc) is 2.90. The van der Waals surface area contributed by atoms with Gasteiger partial charge in [0.2, 0.25) is 0 Å². The van der Waals surface area contributed by atoms with E-state index in [1.807, 2.05) is 0 Å². The molecule has 0 amide bonds. The van der Waals surface area contributed by atoms with E-state index < -0.39 is 17.9 Å². The fourth-order valence-corrected chi connectivity index (χ4v) is 1.89. The maximum Gasteiger partial charge on any atom is 0.435 e. The van der Waals surface area contributed by atoms with Gasteiger partial charge in [0.1, 0.15) is 5.75 Å². The molecule has 7 heteroatoms. The first-order valence-corrected chi connectivity index (χ1v) is 5.92. The van der Waals surface area contributed by atoms with Gasteiger partial charge < -0.3 is 10.5 Å². The molecule has 2 rings (SSSR count). The molecule has 1 unspecified atom stereocenters. The lowest BCUT2D eigenvalue weighted by Crippen LogP contribution is -2.21. The number of hydrogen-bond donors (Lipinski definition) is 1. The van der Waals surface area contributed by atoms with E-state index in [9.17, 15) is 13.2 Å². The van der Waals surface area contributed by atoms with Gasteiger partial charge in [-0.05, 0) is 23.8 Å². The summed E-state index contributed by atoms with van der Waals surface area (Å²) in [6.45, 7) is 0.144. The van der Waals surface area contributed by atoms with Crippen LogP contribution in [0.15, 0.2) is 36.5 Å². The minimum Gasteiger partial charge on any atom is -0.497 e. The normalized spacial score (nSPS) is 13.2. The lowest BCUT2D eigenvalue weighted by Gasteiger charge is -2.16. The molecule has 0 aliphatic carbocycles. The maximum absolute atomic E-state index is 12.5. The fraction of sp³-hybridized carbons (Fsp3) is 0.308. The number of benzene rings is 1. The van der Waals surface area contributed by atoms with Crippen LogP contribution in [-0.4, -0.2) is 23.4 Å². The van der Waals surface area contributed by atoms with E-state index in [0.717, 1.165) is 11.6 Å². The molecule has 0 saturated carbocycles. The summed E-state index contributed by atoms with van der Waals surface area (Å²) in [6.07, 6.45) is -3.17. The molecule has 0 spiro atoms. The molecule has 0 saturated heterocycles. The van der Waals surface area contributed by atoms with Gasteiger partial charge in [-0.2, -0.15) is 18.3 Å². The SMILES string of the molecule is COc1ccc(C(CN)n2ccc(C(F)(F)F)n2)cc1. The Labute approximate surface area is 114 Å². The second-order valence-electron chi connectivity index (χ2n) is 4.20. The van der Waals surface area contributed by atoms with Gasteiger partial charge in [0.25, 0.3) is 0 Å². The third kappa shape index (κ3) is 2.93. The number of ether oxygens (including phenoxy) is 1. The minimum absolute atomic E-state index is 0.144. The Morgan fingerprint density at radius 1 is 1.25 bits per heavy atom. The van der Waals surface area contributed by atoms with Gasteiger partial charge in [0, 0.05) is 12.7 Å². The van der Waals surface area contributed by atoms with Gasteiger partial charge in [0.05, 0.1) is 13.2 Å². The van der Waals surface area contributed by atoms with E-state index >= 15 is 0 Å². The van der Waals surface area contributed by atoms with Gasteiger partial charge in [-0.25, -0.2) is 0 Å². The first-order chi connectivity index (χ1) is 9.45. The molecule has 4 nitrogen and oxygen atoms in total. The summed E-state index contributed by atoms with van der Waals surface area (Å²) >= 11 is 0. The summed E-state index contributed by atoms with van der Waals surface area (Å²) < 4.78 is 43.9. The lowest BCUT2D eigenvalue weighted by atomic mass is 10.1. The zero-order valence-corrected chi connectivity index (χ0v) is 10.8. The highest BCUT2D eigenvalue weighted by Gasteiger charge is 2.34. The van der Waals surface area contributed by atoms with Crippen molar-refractivity contribution in [2.75, 3.05) is 13.7 Å². The van der Waals surface area contributed by atoms with Crippen LogP contribution in [0.2, 0.25) is 0 Å². The molecule has 0 aliphatic rings.